The van der Waals surface area contributed by atoms with Gasteiger partial charge in [-0.05, 0) is 36.5 Å². The number of carbonyl (C=O) groups is 1. The van der Waals surface area contributed by atoms with E-state index in [0.717, 1.165) is 5.56 Å². The molecular weight excluding hydrogens is 331 g/mol. The van der Waals surface area contributed by atoms with Crippen LogP contribution < -0.4 is 11.1 Å². The van der Waals surface area contributed by atoms with E-state index in [1.165, 1.54) is 0 Å². The van der Waals surface area contributed by atoms with Crippen molar-refractivity contribution in [2.45, 2.75) is 46.2 Å². The van der Waals surface area contributed by atoms with Crippen LogP contribution in [-0.2, 0) is 11.2 Å². The van der Waals surface area contributed by atoms with Crippen LogP contribution in [-0.4, -0.2) is 18.0 Å². The predicted molar refractivity (Wildman–Crippen MR) is 92.4 cm³/mol. The molecule has 0 spiro atoms. The highest BCUT2D eigenvalue weighted by atomic mass is 35.5. The Bertz CT molecular complexity index is 486. The van der Waals surface area contributed by atoms with Crippen molar-refractivity contribution in [3.63, 3.8) is 0 Å². The van der Waals surface area contributed by atoms with E-state index in [2.05, 4.69) is 5.32 Å². The Labute approximate surface area is 143 Å². The van der Waals surface area contributed by atoms with E-state index < -0.39 is 6.04 Å². The first-order valence-corrected chi connectivity index (χ1v) is 7.36. The third-order valence-corrected chi connectivity index (χ3v) is 3.73. The van der Waals surface area contributed by atoms with Gasteiger partial charge in [-0.2, -0.15) is 0 Å². The van der Waals surface area contributed by atoms with Gasteiger partial charge in [-0.3, -0.25) is 4.79 Å². The van der Waals surface area contributed by atoms with Gasteiger partial charge < -0.3 is 11.1 Å². The summed E-state index contributed by atoms with van der Waals surface area (Å²) in [6.45, 7) is 7.76. The molecule has 0 aliphatic rings. The van der Waals surface area contributed by atoms with Gasteiger partial charge in [-0.25, -0.2) is 0 Å². The molecule has 3 nitrogen and oxygen atoms in total. The number of nitrogens with one attached hydrogen (secondary N) is 1. The van der Waals surface area contributed by atoms with Gasteiger partial charge in [0.2, 0.25) is 5.91 Å². The van der Waals surface area contributed by atoms with Crippen LogP contribution in [0.3, 0.4) is 0 Å². The Kier molecular flexibility index (Phi) is 8.04. The van der Waals surface area contributed by atoms with Crippen molar-refractivity contribution in [1.29, 1.82) is 0 Å². The molecule has 1 amide bonds. The van der Waals surface area contributed by atoms with Crippen molar-refractivity contribution in [2.24, 2.45) is 11.1 Å². The van der Waals surface area contributed by atoms with E-state index in [9.17, 15) is 4.79 Å². The fourth-order valence-corrected chi connectivity index (χ4v) is 2.28. The second-order valence-corrected chi connectivity index (χ2v) is 7.04. The smallest absolute Gasteiger partial charge is 0.237 e. The van der Waals surface area contributed by atoms with E-state index in [0.29, 0.717) is 16.5 Å². The Morgan fingerprint density at radius 2 is 1.90 bits per heavy atom. The molecule has 0 aliphatic heterocycles. The van der Waals surface area contributed by atoms with Crippen LogP contribution in [0.5, 0.6) is 0 Å². The maximum Gasteiger partial charge on any atom is 0.237 e. The summed E-state index contributed by atoms with van der Waals surface area (Å²) in [6, 6.07) is 4.78. The monoisotopic (exact) mass is 352 g/mol. The summed E-state index contributed by atoms with van der Waals surface area (Å²) >= 11 is 12.0. The quantitative estimate of drug-likeness (QED) is 0.864. The fraction of sp³-hybridized carbons (Fsp3) is 0.533. The maximum atomic E-state index is 12.0. The average Bonchev–Trinajstić information content (AvgIpc) is 2.30. The second-order valence-electron chi connectivity index (χ2n) is 6.19. The molecule has 120 valence electrons. The van der Waals surface area contributed by atoms with Crippen molar-refractivity contribution in [3.05, 3.63) is 33.8 Å². The van der Waals surface area contributed by atoms with Crippen LogP contribution in [0.4, 0.5) is 0 Å². The van der Waals surface area contributed by atoms with Crippen LogP contribution in [0.1, 0.15) is 33.3 Å². The van der Waals surface area contributed by atoms with Crippen molar-refractivity contribution in [2.75, 3.05) is 0 Å². The van der Waals surface area contributed by atoms with Gasteiger partial charge in [0, 0.05) is 16.1 Å². The van der Waals surface area contributed by atoms with Gasteiger partial charge in [-0.1, -0.05) is 50.0 Å². The molecule has 0 saturated heterocycles. The first-order valence-electron chi connectivity index (χ1n) is 6.61. The van der Waals surface area contributed by atoms with E-state index in [4.69, 9.17) is 28.9 Å². The largest absolute Gasteiger partial charge is 0.352 e. The topological polar surface area (TPSA) is 55.1 Å². The van der Waals surface area contributed by atoms with Gasteiger partial charge >= 0.3 is 0 Å². The molecule has 2 atom stereocenters. The van der Waals surface area contributed by atoms with E-state index in [1.54, 1.807) is 12.1 Å². The summed E-state index contributed by atoms with van der Waals surface area (Å²) in [5, 5.41) is 4.13. The molecule has 1 aromatic rings. The van der Waals surface area contributed by atoms with Crippen molar-refractivity contribution in [3.8, 4) is 0 Å². The molecule has 1 rings (SSSR count). The summed E-state index contributed by atoms with van der Waals surface area (Å²) < 4.78 is 0. The first-order chi connectivity index (χ1) is 9.11. The molecule has 0 radical (unpaired) electrons. The Balaban J connectivity index is 0.00000400. The lowest BCUT2D eigenvalue weighted by molar-refractivity contribution is -0.125. The highest BCUT2D eigenvalue weighted by molar-refractivity contribution is 6.35. The number of benzene rings is 1. The van der Waals surface area contributed by atoms with Gasteiger partial charge in [-0.15, -0.1) is 12.4 Å². The van der Waals surface area contributed by atoms with Crippen LogP contribution in [0.15, 0.2) is 18.2 Å². The van der Waals surface area contributed by atoms with Crippen LogP contribution >= 0.6 is 35.6 Å². The highest BCUT2D eigenvalue weighted by Crippen LogP contribution is 2.22. The van der Waals surface area contributed by atoms with Gasteiger partial charge in [0.1, 0.15) is 0 Å². The van der Waals surface area contributed by atoms with E-state index >= 15 is 0 Å². The summed E-state index contributed by atoms with van der Waals surface area (Å²) in [4.78, 5) is 12.0. The Hall–Kier alpha value is -0.480. The summed E-state index contributed by atoms with van der Waals surface area (Å²) in [6.07, 6.45) is 0.638. The Morgan fingerprint density at radius 1 is 1.33 bits per heavy atom. The zero-order valence-corrected chi connectivity index (χ0v) is 15.1. The van der Waals surface area contributed by atoms with Crippen LogP contribution in [0.25, 0.3) is 0 Å². The van der Waals surface area contributed by atoms with Crippen molar-refractivity contribution >= 4 is 41.5 Å². The van der Waals surface area contributed by atoms with E-state index in [-0.39, 0.29) is 29.8 Å². The fourth-order valence-electron chi connectivity index (χ4n) is 1.79. The normalized spacial score (nSPS) is 14.0. The molecule has 0 fully saturated rings. The molecule has 0 aliphatic carbocycles. The third kappa shape index (κ3) is 6.43. The number of hydrogen-bond acceptors (Lipinski definition) is 2. The molecule has 0 heterocycles. The van der Waals surface area contributed by atoms with Crippen molar-refractivity contribution < 1.29 is 4.79 Å². The Morgan fingerprint density at radius 3 is 2.38 bits per heavy atom. The molecule has 6 heteroatoms. The van der Waals surface area contributed by atoms with Crippen LogP contribution in [0.2, 0.25) is 10.0 Å². The molecular formula is C15H23Cl3N2O. The average molecular weight is 354 g/mol. The van der Waals surface area contributed by atoms with Gasteiger partial charge in [0.15, 0.2) is 0 Å². The molecule has 1 unspecified atom stereocenters. The molecule has 0 bridgehead atoms. The third-order valence-electron chi connectivity index (χ3n) is 3.15. The zero-order valence-electron chi connectivity index (χ0n) is 12.7. The standard InChI is InChI=1S/C15H22Cl2N2O.ClH/c1-9(19-14(20)13(18)15(2,3)4)7-10-5-6-11(16)8-12(10)17;/h5-6,8-9,13H,7,18H2,1-4H3,(H,19,20);1H/t9?,13-;/m1./s1. The summed E-state index contributed by atoms with van der Waals surface area (Å²) in [7, 11) is 0. The summed E-state index contributed by atoms with van der Waals surface area (Å²) in [5.74, 6) is -0.143. The maximum absolute atomic E-state index is 12.0. The zero-order chi connectivity index (χ0) is 15.5. The van der Waals surface area contributed by atoms with Gasteiger partial charge in [0.25, 0.3) is 0 Å². The lowest BCUT2D eigenvalue weighted by Crippen LogP contribution is -2.51. The van der Waals surface area contributed by atoms with Crippen LogP contribution in [0, 0.1) is 5.41 Å². The molecule has 0 aromatic heterocycles. The van der Waals surface area contributed by atoms with Gasteiger partial charge in [0.05, 0.1) is 6.04 Å². The number of nitrogens with two attached hydrogens (primary N) is 1. The number of hydrogen-bond donors (Lipinski definition) is 2. The minimum absolute atomic E-state index is 0. The predicted octanol–water partition coefficient (Wildman–Crippen LogP) is 3.84. The summed E-state index contributed by atoms with van der Waals surface area (Å²) in [5.41, 5.74) is 6.62. The number of amides is 1. The van der Waals surface area contributed by atoms with Crippen molar-refractivity contribution in [1.82, 2.24) is 5.32 Å². The number of halogens is 3. The molecule has 1 aromatic carbocycles. The lowest BCUT2D eigenvalue weighted by atomic mass is 9.87. The molecule has 3 N–H and O–H groups in total. The molecule has 21 heavy (non-hydrogen) atoms. The first kappa shape index (κ1) is 20.5. The molecule has 0 saturated carbocycles. The highest BCUT2D eigenvalue weighted by Gasteiger charge is 2.28. The SMILES string of the molecule is CC(Cc1ccc(Cl)cc1Cl)NC(=O)[C@@H](N)C(C)(C)C.Cl. The number of rotatable bonds is 4. The second kappa shape index (κ2) is 8.23. The lowest BCUT2D eigenvalue weighted by Gasteiger charge is -2.27. The minimum atomic E-state index is -0.536. The number of carbonyl (C=O) groups excluding carboxylic acids is 1. The van der Waals surface area contributed by atoms with E-state index in [1.807, 2.05) is 33.8 Å². The minimum Gasteiger partial charge on any atom is -0.352 e.